The van der Waals surface area contributed by atoms with E-state index in [1.54, 1.807) is 37.0 Å². The van der Waals surface area contributed by atoms with Crippen LogP contribution in [0.2, 0.25) is 0 Å². The molecule has 0 bridgehead atoms. The molecule has 0 radical (unpaired) electrons. The van der Waals surface area contributed by atoms with Crippen molar-refractivity contribution in [3.05, 3.63) is 59.3 Å². The average molecular weight is 386 g/mol. The van der Waals surface area contributed by atoms with Crippen molar-refractivity contribution in [2.24, 2.45) is 7.05 Å². The zero-order valence-electron chi connectivity index (χ0n) is 15.4. The number of carbonyl (C=O) groups is 1. The van der Waals surface area contributed by atoms with Crippen molar-refractivity contribution >= 4 is 27.8 Å². The number of alkyl halides is 3. The third-order valence-corrected chi connectivity index (χ3v) is 4.98. The monoisotopic (exact) mass is 386 g/mol. The normalized spacial score (nSPS) is 12.1. The highest BCUT2D eigenvalue weighted by Gasteiger charge is 2.30. The minimum Gasteiger partial charge on any atom is -0.355 e. The van der Waals surface area contributed by atoms with Gasteiger partial charge in [-0.25, -0.2) is 0 Å². The molecule has 0 aliphatic carbocycles. The van der Waals surface area contributed by atoms with Gasteiger partial charge in [0, 0.05) is 41.8 Å². The van der Waals surface area contributed by atoms with E-state index in [2.05, 4.69) is 10.4 Å². The molecule has 28 heavy (non-hydrogen) atoms. The Morgan fingerprint density at radius 2 is 1.79 bits per heavy atom. The number of rotatable bonds is 2. The Labute approximate surface area is 158 Å². The van der Waals surface area contributed by atoms with Crippen molar-refractivity contribution in [2.75, 3.05) is 7.05 Å². The van der Waals surface area contributed by atoms with Crippen LogP contribution in [0.3, 0.4) is 0 Å². The fourth-order valence-corrected chi connectivity index (χ4v) is 3.45. The van der Waals surface area contributed by atoms with Crippen LogP contribution >= 0.6 is 0 Å². The lowest BCUT2D eigenvalue weighted by atomic mass is 10.1. The van der Waals surface area contributed by atoms with Crippen LogP contribution in [-0.2, 0) is 13.2 Å². The van der Waals surface area contributed by atoms with E-state index in [4.69, 9.17) is 0 Å². The molecule has 0 aliphatic rings. The van der Waals surface area contributed by atoms with Crippen LogP contribution in [0.5, 0.6) is 0 Å². The van der Waals surface area contributed by atoms with E-state index in [-0.39, 0.29) is 5.91 Å². The molecule has 0 saturated heterocycles. The van der Waals surface area contributed by atoms with Crippen molar-refractivity contribution in [2.45, 2.75) is 13.1 Å². The standard InChI is InChI=1S/C20H17F3N4O/c1-11-17-15-10-12(19(28)24-2)4-9-16(15)27(18(17)25-26(11)3)14-7-5-13(6-8-14)20(21,22)23/h4-10H,1-3H3,(H,24,28). The summed E-state index contributed by atoms with van der Waals surface area (Å²) in [6.07, 6.45) is -4.39. The van der Waals surface area contributed by atoms with Gasteiger partial charge in [-0.1, -0.05) is 0 Å². The molecule has 0 fully saturated rings. The predicted octanol–water partition coefficient (Wildman–Crippen LogP) is 4.20. The van der Waals surface area contributed by atoms with Gasteiger partial charge in [0.05, 0.1) is 11.1 Å². The predicted molar refractivity (Wildman–Crippen MR) is 101 cm³/mol. The summed E-state index contributed by atoms with van der Waals surface area (Å²) >= 11 is 0. The first kappa shape index (κ1) is 18.1. The van der Waals surface area contributed by atoms with Gasteiger partial charge in [-0.2, -0.15) is 18.3 Å². The van der Waals surface area contributed by atoms with Crippen LogP contribution in [0.4, 0.5) is 13.2 Å². The third kappa shape index (κ3) is 2.64. The fraction of sp³-hybridized carbons (Fsp3) is 0.200. The zero-order chi connectivity index (χ0) is 20.2. The smallest absolute Gasteiger partial charge is 0.355 e. The van der Waals surface area contributed by atoms with Crippen molar-refractivity contribution in [3.63, 3.8) is 0 Å². The van der Waals surface area contributed by atoms with Gasteiger partial charge in [-0.15, -0.1) is 0 Å². The molecule has 8 heteroatoms. The molecule has 0 saturated carbocycles. The van der Waals surface area contributed by atoms with Crippen molar-refractivity contribution < 1.29 is 18.0 Å². The van der Waals surface area contributed by atoms with Crippen LogP contribution in [-0.4, -0.2) is 27.3 Å². The van der Waals surface area contributed by atoms with E-state index in [0.29, 0.717) is 16.9 Å². The van der Waals surface area contributed by atoms with Gasteiger partial charge < -0.3 is 5.32 Å². The molecule has 4 rings (SSSR count). The van der Waals surface area contributed by atoms with Crippen LogP contribution in [0, 0.1) is 6.92 Å². The molecule has 2 aromatic carbocycles. The zero-order valence-corrected chi connectivity index (χ0v) is 15.4. The summed E-state index contributed by atoms with van der Waals surface area (Å²) in [5.74, 6) is -0.209. The Bertz CT molecular complexity index is 1220. The number of benzene rings is 2. The highest BCUT2D eigenvalue weighted by Crippen LogP contribution is 2.35. The fourth-order valence-electron chi connectivity index (χ4n) is 3.45. The molecule has 144 valence electrons. The number of aromatic nitrogens is 3. The number of fused-ring (bicyclic) bond motifs is 3. The van der Waals surface area contributed by atoms with Gasteiger partial charge >= 0.3 is 6.18 Å². The Morgan fingerprint density at radius 3 is 2.39 bits per heavy atom. The van der Waals surface area contributed by atoms with Gasteiger partial charge in [-0.3, -0.25) is 14.0 Å². The van der Waals surface area contributed by atoms with E-state index in [0.717, 1.165) is 34.1 Å². The van der Waals surface area contributed by atoms with Gasteiger partial charge in [0.15, 0.2) is 5.65 Å². The molecular formula is C20H17F3N4O. The third-order valence-electron chi connectivity index (χ3n) is 4.98. The molecule has 0 spiro atoms. The lowest BCUT2D eigenvalue weighted by Gasteiger charge is -2.10. The number of nitrogens with one attached hydrogen (secondary N) is 1. The maximum absolute atomic E-state index is 12.9. The van der Waals surface area contributed by atoms with Crippen molar-refractivity contribution in [3.8, 4) is 5.69 Å². The summed E-state index contributed by atoms with van der Waals surface area (Å²) in [4.78, 5) is 12.0. The number of halogens is 3. The second-order valence-corrected chi connectivity index (χ2v) is 6.60. The maximum Gasteiger partial charge on any atom is 0.416 e. The first-order valence-corrected chi connectivity index (χ1v) is 8.60. The Hall–Kier alpha value is -3.29. The second-order valence-electron chi connectivity index (χ2n) is 6.60. The summed E-state index contributed by atoms with van der Waals surface area (Å²) in [6, 6.07) is 10.2. The Kier molecular flexibility index (Phi) is 3.95. The van der Waals surface area contributed by atoms with E-state index in [9.17, 15) is 18.0 Å². The molecule has 0 atom stereocenters. The second kappa shape index (κ2) is 6.12. The minimum absolute atomic E-state index is 0.209. The first-order chi connectivity index (χ1) is 13.2. The SMILES string of the molecule is CNC(=O)c1ccc2c(c1)c1c(C)n(C)nc1n2-c1ccc(C(F)(F)F)cc1. The van der Waals surface area contributed by atoms with Crippen LogP contribution in [0.1, 0.15) is 21.6 Å². The Morgan fingerprint density at radius 1 is 1.11 bits per heavy atom. The minimum atomic E-state index is -4.39. The quantitative estimate of drug-likeness (QED) is 0.561. The topological polar surface area (TPSA) is 51.9 Å². The summed E-state index contributed by atoms with van der Waals surface area (Å²) in [5, 5.41) is 8.83. The lowest BCUT2D eigenvalue weighted by Crippen LogP contribution is -2.17. The lowest BCUT2D eigenvalue weighted by molar-refractivity contribution is -0.137. The van der Waals surface area contributed by atoms with Crippen LogP contribution in [0.25, 0.3) is 27.6 Å². The van der Waals surface area contributed by atoms with Crippen LogP contribution < -0.4 is 5.32 Å². The number of carbonyl (C=O) groups excluding carboxylic acids is 1. The molecule has 2 heterocycles. The number of nitrogens with zero attached hydrogens (tertiary/aromatic N) is 3. The van der Waals surface area contributed by atoms with Gasteiger partial charge in [0.25, 0.3) is 5.91 Å². The van der Waals surface area contributed by atoms with Gasteiger partial charge in [0.2, 0.25) is 0 Å². The molecule has 1 N–H and O–H groups in total. The van der Waals surface area contributed by atoms with E-state index in [1.165, 1.54) is 12.1 Å². The molecular weight excluding hydrogens is 369 g/mol. The maximum atomic E-state index is 12.9. The molecule has 4 aromatic rings. The van der Waals surface area contributed by atoms with Gasteiger partial charge in [0.1, 0.15) is 0 Å². The van der Waals surface area contributed by atoms with Crippen molar-refractivity contribution in [1.29, 1.82) is 0 Å². The number of amides is 1. The highest BCUT2D eigenvalue weighted by molar-refractivity contribution is 6.11. The molecule has 0 aliphatic heterocycles. The largest absolute Gasteiger partial charge is 0.416 e. The van der Waals surface area contributed by atoms with E-state index in [1.807, 2.05) is 11.5 Å². The molecule has 0 unspecified atom stereocenters. The van der Waals surface area contributed by atoms with E-state index >= 15 is 0 Å². The number of hydrogen-bond donors (Lipinski definition) is 1. The highest BCUT2D eigenvalue weighted by atomic mass is 19.4. The molecule has 5 nitrogen and oxygen atoms in total. The first-order valence-electron chi connectivity index (χ1n) is 8.60. The van der Waals surface area contributed by atoms with Gasteiger partial charge in [-0.05, 0) is 49.4 Å². The van der Waals surface area contributed by atoms with Crippen molar-refractivity contribution in [1.82, 2.24) is 19.7 Å². The van der Waals surface area contributed by atoms with E-state index < -0.39 is 11.7 Å². The number of hydrogen-bond acceptors (Lipinski definition) is 2. The molecule has 2 aromatic heterocycles. The van der Waals surface area contributed by atoms with Crippen LogP contribution in [0.15, 0.2) is 42.5 Å². The molecule has 1 amide bonds. The summed E-state index contributed by atoms with van der Waals surface area (Å²) < 4.78 is 42.3. The average Bonchev–Trinajstić information content (AvgIpc) is 3.13. The Balaban J connectivity index is 2.02. The summed E-state index contributed by atoms with van der Waals surface area (Å²) in [7, 11) is 3.37. The number of aryl methyl sites for hydroxylation is 2. The summed E-state index contributed by atoms with van der Waals surface area (Å²) in [5.41, 5.74) is 2.67. The summed E-state index contributed by atoms with van der Waals surface area (Å²) in [6.45, 7) is 1.92.